The smallest absolute Gasteiger partial charge is 0.288 e. The molecule has 0 bridgehead atoms. The molecule has 0 fully saturated rings. The van der Waals surface area contributed by atoms with Crippen LogP contribution in [-0.2, 0) is 16.6 Å². The van der Waals surface area contributed by atoms with Crippen molar-refractivity contribution in [3.8, 4) is 0 Å². The Morgan fingerprint density at radius 2 is 2.26 bits per heavy atom. The van der Waals surface area contributed by atoms with Gasteiger partial charge in [0, 0.05) is 15.0 Å². The Hall–Kier alpha value is -1.18. The number of fused-ring (bicyclic) bond motifs is 1. The van der Waals surface area contributed by atoms with Gasteiger partial charge in [-0.2, -0.15) is 0 Å². The number of rotatable bonds is 3. The largest absolute Gasteiger partial charge is 0.430 e. The summed E-state index contributed by atoms with van der Waals surface area (Å²) in [6.45, 7) is 0. The third kappa shape index (κ3) is 2.58. The van der Waals surface area contributed by atoms with Crippen molar-refractivity contribution in [2.24, 2.45) is 0 Å². The first kappa shape index (κ1) is 12.8. The summed E-state index contributed by atoms with van der Waals surface area (Å²) in [5.74, 6) is 0.389. The second-order valence-corrected chi connectivity index (χ2v) is 7.07. The van der Waals surface area contributed by atoms with Gasteiger partial charge in [0.05, 0.1) is 5.75 Å². The SMILES string of the molecule is Nc1ccc2oc(S(=O)Cc3sccc3Br)nc2c1. The molecular weight excluding hydrogens is 348 g/mol. The van der Waals surface area contributed by atoms with E-state index >= 15 is 0 Å². The van der Waals surface area contributed by atoms with Crippen LogP contribution in [0.15, 0.2) is 43.8 Å². The standard InChI is InChI=1S/C12H9BrN2O2S2/c13-8-3-4-18-11(8)6-19(16)12-15-9-5-7(14)1-2-10(9)17-12/h1-5H,6,14H2. The summed E-state index contributed by atoms with van der Waals surface area (Å²) >= 11 is 4.97. The molecule has 0 aliphatic heterocycles. The third-order valence-electron chi connectivity index (χ3n) is 2.54. The first-order valence-electron chi connectivity index (χ1n) is 5.40. The summed E-state index contributed by atoms with van der Waals surface area (Å²) in [5.41, 5.74) is 7.52. The van der Waals surface area contributed by atoms with Crippen LogP contribution in [0.3, 0.4) is 0 Å². The lowest BCUT2D eigenvalue weighted by Crippen LogP contribution is -1.95. The van der Waals surface area contributed by atoms with Gasteiger partial charge in [-0.3, -0.25) is 0 Å². The lowest BCUT2D eigenvalue weighted by molar-refractivity contribution is 0.477. The Bertz CT molecular complexity index is 766. The Morgan fingerprint density at radius 3 is 3.00 bits per heavy atom. The molecular formula is C12H9BrN2O2S2. The summed E-state index contributed by atoms with van der Waals surface area (Å²) in [6.07, 6.45) is 0. The van der Waals surface area contributed by atoms with Crippen LogP contribution in [0.5, 0.6) is 0 Å². The Labute approximate surface area is 124 Å². The molecule has 3 aromatic rings. The molecule has 0 radical (unpaired) electrons. The van der Waals surface area contributed by atoms with Crippen molar-refractivity contribution in [3.05, 3.63) is 39.0 Å². The van der Waals surface area contributed by atoms with E-state index in [1.54, 1.807) is 29.5 Å². The monoisotopic (exact) mass is 356 g/mol. The molecule has 3 rings (SSSR count). The zero-order valence-corrected chi connectivity index (χ0v) is 12.8. The quantitative estimate of drug-likeness (QED) is 0.728. The lowest BCUT2D eigenvalue weighted by Gasteiger charge is -1.95. The van der Waals surface area contributed by atoms with E-state index in [0.717, 1.165) is 9.35 Å². The van der Waals surface area contributed by atoms with Crippen LogP contribution in [0, 0.1) is 0 Å². The van der Waals surface area contributed by atoms with Crippen LogP contribution in [0.4, 0.5) is 5.69 Å². The van der Waals surface area contributed by atoms with E-state index in [9.17, 15) is 4.21 Å². The molecule has 0 amide bonds. The van der Waals surface area contributed by atoms with Crippen molar-refractivity contribution in [2.75, 3.05) is 5.73 Å². The second-order valence-electron chi connectivity index (χ2n) is 3.89. The van der Waals surface area contributed by atoms with E-state index in [2.05, 4.69) is 20.9 Å². The average Bonchev–Trinajstić information content (AvgIpc) is 2.96. The van der Waals surface area contributed by atoms with Crippen molar-refractivity contribution >= 4 is 54.9 Å². The summed E-state index contributed by atoms with van der Waals surface area (Å²) < 4.78 is 18.7. The minimum Gasteiger partial charge on any atom is -0.430 e. The Kier molecular flexibility index (Phi) is 3.42. The predicted molar refractivity (Wildman–Crippen MR) is 80.6 cm³/mol. The van der Waals surface area contributed by atoms with Crippen molar-refractivity contribution in [2.45, 2.75) is 11.0 Å². The highest BCUT2D eigenvalue weighted by molar-refractivity contribution is 9.10. The molecule has 2 aromatic heterocycles. The number of aromatic nitrogens is 1. The minimum atomic E-state index is -1.30. The number of halogens is 1. The predicted octanol–water partition coefficient (Wildman–Crippen LogP) is 3.54. The summed E-state index contributed by atoms with van der Waals surface area (Å²) in [6, 6.07) is 7.11. The fraction of sp³-hybridized carbons (Fsp3) is 0.0833. The fourth-order valence-corrected chi connectivity index (χ4v) is 4.59. The Morgan fingerprint density at radius 1 is 1.42 bits per heavy atom. The maximum atomic E-state index is 12.2. The van der Waals surface area contributed by atoms with Gasteiger partial charge in [-0.15, -0.1) is 11.3 Å². The highest BCUT2D eigenvalue weighted by atomic mass is 79.9. The first-order chi connectivity index (χ1) is 9.13. The minimum absolute atomic E-state index is 0.237. The topological polar surface area (TPSA) is 69.1 Å². The molecule has 19 heavy (non-hydrogen) atoms. The number of thiophene rings is 1. The molecule has 0 aliphatic carbocycles. The highest BCUT2D eigenvalue weighted by Crippen LogP contribution is 2.27. The average molecular weight is 357 g/mol. The van der Waals surface area contributed by atoms with Gasteiger partial charge >= 0.3 is 0 Å². The molecule has 2 N–H and O–H groups in total. The zero-order valence-electron chi connectivity index (χ0n) is 9.63. The number of hydrogen-bond acceptors (Lipinski definition) is 5. The number of oxazole rings is 1. The zero-order chi connectivity index (χ0) is 13.4. The van der Waals surface area contributed by atoms with E-state index < -0.39 is 10.8 Å². The summed E-state index contributed by atoms with van der Waals surface area (Å²) in [5, 5.41) is 2.18. The van der Waals surface area contributed by atoms with E-state index in [0.29, 0.717) is 22.5 Å². The molecule has 0 spiro atoms. The first-order valence-corrected chi connectivity index (χ1v) is 8.39. The van der Waals surface area contributed by atoms with Gasteiger partial charge < -0.3 is 10.2 Å². The van der Waals surface area contributed by atoms with Crippen molar-refractivity contribution < 1.29 is 8.63 Å². The van der Waals surface area contributed by atoms with Crippen LogP contribution >= 0.6 is 27.3 Å². The number of benzene rings is 1. The van der Waals surface area contributed by atoms with Gasteiger partial charge in [0.2, 0.25) is 0 Å². The maximum Gasteiger partial charge on any atom is 0.288 e. The van der Waals surface area contributed by atoms with Crippen LogP contribution in [0.1, 0.15) is 4.88 Å². The summed E-state index contributed by atoms with van der Waals surface area (Å²) in [4.78, 5) is 5.24. The van der Waals surface area contributed by atoms with Crippen molar-refractivity contribution in [3.63, 3.8) is 0 Å². The van der Waals surface area contributed by atoms with E-state index in [1.165, 1.54) is 0 Å². The molecule has 0 saturated carbocycles. The summed E-state index contributed by atoms with van der Waals surface area (Å²) in [7, 11) is -1.30. The van der Waals surface area contributed by atoms with Crippen LogP contribution in [-0.4, -0.2) is 9.19 Å². The normalized spacial score (nSPS) is 12.9. The van der Waals surface area contributed by atoms with Gasteiger partial charge in [0.1, 0.15) is 16.3 Å². The van der Waals surface area contributed by atoms with Crippen LogP contribution in [0.2, 0.25) is 0 Å². The molecule has 4 nitrogen and oxygen atoms in total. The van der Waals surface area contributed by atoms with Gasteiger partial charge in [-0.25, -0.2) is 9.19 Å². The molecule has 98 valence electrons. The molecule has 1 unspecified atom stereocenters. The van der Waals surface area contributed by atoms with Crippen LogP contribution < -0.4 is 5.73 Å². The molecule has 0 aliphatic rings. The molecule has 2 heterocycles. The van der Waals surface area contributed by atoms with Crippen LogP contribution in [0.25, 0.3) is 11.1 Å². The molecule has 1 aromatic carbocycles. The second kappa shape index (κ2) is 5.07. The van der Waals surface area contributed by atoms with Gasteiger partial charge in [0.25, 0.3) is 5.22 Å². The van der Waals surface area contributed by atoms with E-state index in [4.69, 9.17) is 10.2 Å². The lowest BCUT2D eigenvalue weighted by atomic mass is 10.3. The number of hydrogen-bond donors (Lipinski definition) is 1. The molecule has 0 saturated heterocycles. The van der Waals surface area contributed by atoms with Crippen molar-refractivity contribution in [1.82, 2.24) is 4.98 Å². The van der Waals surface area contributed by atoms with E-state index in [1.807, 2.05) is 11.4 Å². The number of nitrogens with zero attached hydrogens (tertiary/aromatic N) is 1. The van der Waals surface area contributed by atoms with Gasteiger partial charge in [0.15, 0.2) is 5.58 Å². The molecule has 7 heteroatoms. The maximum absolute atomic E-state index is 12.2. The fourth-order valence-electron chi connectivity index (χ4n) is 1.63. The number of nitrogen functional groups attached to an aromatic ring is 1. The number of nitrogens with two attached hydrogens (primary N) is 1. The van der Waals surface area contributed by atoms with Crippen molar-refractivity contribution in [1.29, 1.82) is 0 Å². The number of anilines is 1. The third-order valence-corrected chi connectivity index (χ3v) is 5.76. The Balaban J connectivity index is 1.91. The van der Waals surface area contributed by atoms with Gasteiger partial charge in [-0.05, 0) is 45.6 Å². The van der Waals surface area contributed by atoms with Gasteiger partial charge in [-0.1, -0.05) is 0 Å². The van der Waals surface area contributed by atoms with E-state index in [-0.39, 0.29) is 5.22 Å². The molecule has 1 atom stereocenters. The highest BCUT2D eigenvalue weighted by Gasteiger charge is 2.15.